The molecule has 1 heterocycles. The number of esters is 1. The number of anilines is 1. The number of hydrogen-bond acceptors (Lipinski definition) is 4. The molecule has 2 rings (SSSR count). The van der Waals surface area contributed by atoms with E-state index in [1.807, 2.05) is 0 Å². The molecule has 0 radical (unpaired) electrons. The van der Waals surface area contributed by atoms with E-state index in [0.717, 1.165) is 11.3 Å². The van der Waals surface area contributed by atoms with Crippen LogP contribution in [0.5, 0.6) is 0 Å². The van der Waals surface area contributed by atoms with Gasteiger partial charge in [-0.25, -0.2) is 0 Å². The Kier molecular flexibility index (Phi) is 3.94. The van der Waals surface area contributed by atoms with Crippen molar-refractivity contribution in [1.29, 1.82) is 0 Å². The summed E-state index contributed by atoms with van der Waals surface area (Å²) in [5, 5.41) is 2.71. The molecule has 19 heavy (non-hydrogen) atoms. The van der Waals surface area contributed by atoms with E-state index in [2.05, 4.69) is 5.32 Å². The van der Waals surface area contributed by atoms with Crippen molar-refractivity contribution < 1.29 is 19.1 Å². The van der Waals surface area contributed by atoms with Crippen molar-refractivity contribution in [3.8, 4) is 0 Å². The maximum absolute atomic E-state index is 11.9. The minimum Gasteiger partial charge on any atom is -0.466 e. The van der Waals surface area contributed by atoms with Gasteiger partial charge in [0.1, 0.15) is 0 Å². The maximum Gasteiger partial charge on any atom is 0.306 e. The molecule has 0 bridgehead atoms. The zero-order valence-corrected chi connectivity index (χ0v) is 10.7. The number of ketones is 1. The third-order valence-electron chi connectivity index (χ3n) is 2.91. The van der Waals surface area contributed by atoms with Crippen LogP contribution >= 0.6 is 0 Å². The van der Waals surface area contributed by atoms with Crippen molar-refractivity contribution in [3.05, 3.63) is 29.3 Å². The Morgan fingerprint density at radius 3 is 2.84 bits per heavy atom. The predicted molar refractivity (Wildman–Crippen MR) is 69.0 cm³/mol. The molecule has 100 valence electrons. The van der Waals surface area contributed by atoms with Gasteiger partial charge in [-0.3, -0.25) is 14.4 Å². The number of benzene rings is 1. The smallest absolute Gasteiger partial charge is 0.306 e. The first-order chi connectivity index (χ1) is 9.10. The number of nitrogens with one attached hydrogen (secondary N) is 1. The molecule has 1 aliphatic heterocycles. The number of carbonyl (C=O) groups excluding carboxylic acids is 3. The molecule has 1 aliphatic rings. The highest BCUT2D eigenvalue weighted by Gasteiger charge is 2.19. The molecule has 1 amide bonds. The summed E-state index contributed by atoms with van der Waals surface area (Å²) in [5.41, 5.74) is 2.11. The summed E-state index contributed by atoms with van der Waals surface area (Å²) in [6.45, 7) is 2.05. The van der Waals surface area contributed by atoms with Crippen LogP contribution in [0.15, 0.2) is 18.2 Å². The van der Waals surface area contributed by atoms with Crippen LogP contribution in [-0.2, 0) is 20.7 Å². The Balaban J connectivity index is 1.99. The molecule has 5 heteroatoms. The standard InChI is InChI=1S/C14H15NO4/c1-2-19-14(18)6-5-12(16)9-3-4-11-10(7-9)8-13(17)15-11/h3-4,7H,2,5-6,8H2,1H3,(H,15,17). The molecular formula is C14H15NO4. The molecule has 0 atom stereocenters. The summed E-state index contributed by atoms with van der Waals surface area (Å²) in [4.78, 5) is 34.3. The number of hydrogen-bond donors (Lipinski definition) is 1. The van der Waals surface area contributed by atoms with Crippen LogP contribution in [0, 0.1) is 0 Å². The average Bonchev–Trinajstić information content (AvgIpc) is 2.75. The van der Waals surface area contributed by atoms with E-state index in [1.54, 1.807) is 25.1 Å². The SMILES string of the molecule is CCOC(=O)CCC(=O)c1ccc2c(c1)CC(=O)N2. The lowest BCUT2D eigenvalue weighted by molar-refractivity contribution is -0.143. The highest BCUT2D eigenvalue weighted by molar-refractivity contribution is 6.02. The monoisotopic (exact) mass is 261 g/mol. The number of amides is 1. The Bertz CT molecular complexity index is 536. The molecule has 0 aromatic heterocycles. The van der Waals surface area contributed by atoms with Crippen molar-refractivity contribution in [3.63, 3.8) is 0 Å². The zero-order chi connectivity index (χ0) is 13.8. The summed E-state index contributed by atoms with van der Waals surface area (Å²) in [6.07, 6.45) is 0.508. The Morgan fingerprint density at radius 1 is 1.32 bits per heavy atom. The highest BCUT2D eigenvalue weighted by Crippen LogP contribution is 2.24. The van der Waals surface area contributed by atoms with E-state index in [4.69, 9.17) is 4.74 Å². The van der Waals surface area contributed by atoms with E-state index in [9.17, 15) is 14.4 Å². The molecule has 0 fully saturated rings. The molecular weight excluding hydrogens is 246 g/mol. The highest BCUT2D eigenvalue weighted by atomic mass is 16.5. The van der Waals surface area contributed by atoms with Gasteiger partial charge in [0, 0.05) is 17.7 Å². The number of Topliss-reactive ketones (excluding diaryl/α,β-unsaturated/α-hetero) is 1. The van der Waals surface area contributed by atoms with Gasteiger partial charge in [0.05, 0.1) is 19.4 Å². The number of carbonyl (C=O) groups is 3. The van der Waals surface area contributed by atoms with Gasteiger partial charge in [0.2, 0.25) is 5.91 Å². The molecule has 0 saturated carbocycles. The molecule has 1 aromatic carbocycles. The minimum absolute atomic E-state index is 0.0638. The van der Waals surface area contributed by atoms with Gasteiger partial charge in [0.25, 0.3) is 0 Å². The normalized spacial score (nSPS) is 12.8. The van der Waals surface area contributed by atoms with Crippen molar-refractivity contribution >= 4 is 23.3 Å². The lowest BCUT2D eigenvalue weighted by Gasteiger charge is -2.04. The predicted octanol–water partition coefficient (Wildman–Crippen LogP) is 1.71. The van der Waals surface area contributed by atoms with Crippen molar-refractivity contribution in [2.45, 2.75) is 26.2 Å². The maximum atomic E-state index is 11.9. The van der Waals surface area contributed by atoms with Gasteiger partial charge in [-0.2, -0.15) is 0 Å². The third-order valence-corrected chi connectivity index (χ3v) is 2.91. The van der Waals surface area contributed by atoms with Gasteiger partial charge < -0.3 is 10.1 Å². The van der Waals surface area contributed by atoms with Gasteiger partial charge >= 0.3 is 5.97 Å². The van der Waals surface area contributed by atoms with Gasteiger partial charge in [0.15, 0.2) is 5.78 Å². The van der Waals surface area contributed by atoms with E-state index in [0.29, 0.717) is 18.6 Å². The molecule has 0 spiro atoms. The molecule has 0 unspecified atom stereocenters. The summed E-state index contributed by atoms with van der Waals surface area (Å²) in [7, 11) is 0. The van der Waals surface area contributed by atoms with Crippen LogP contribution in [0.25, 0.3) is 0 Å². The van der Waals surface area contributed by atoms with Crippen LogP contribution < -0.4 is 5.32 Å². The second kappa shape index (κ2) is 5.65. The van der Waals surface area contributed by atoms with Crippen molar-refractivity contribution in [2.24, 2.45) is 0 Å². The quantitative estimate of drug-likeness (QED) is 0.647. The van der Waals surface area contributed by atoms with Crippen molar-refractivity contribution in [2.75, 3.05) is 11.9 Å². The van der Waals surface area contributed by atoms with Crippen LogP contribution in [0.1, 0.15) is 35.7 Å². The first kappa shape index (κ1) is 13.3. The average molecular weight is 261 g/mol. The Hall–Kier alpha value is -2.17. The van der Waals surface area contributed by atoms with Gasteiger partial charge in [-0.15, -0.1) is 0 Å². The second-order valence-corrected chi connectivity index (χ2v) is 4.33. The Morgan fingerprint density at radius 2 is 2.11 bits per heavy atom. The van der Waals surface area contributed by atoms with Crippen LogP contribution in [0.2, 0.25) is 0 Å². The van der Waals surface area contributed by atoms with Crippen LogP contribution in [0.3, 0.4) is 0 Å². The zero-order valence-electron chi connectivity index (χ0n) is 10.7. The Labute approximate surface area is 110 Å². The summed E-state index contributed by atoms with van der Waals surface area (Å²) < 4.78 is 4.77. The van der Waals surface area contributed by atoms with Crippen molar-refractivity contribution in [1.82, 2.24) is 0 Å². The molecule has 0 aliphatic carbocycles. The molecule has 0 saturated heterocycles. The number of fused-ring (bicyclic) bond motifs is 1. The third kappa shape index (κ3) is 3.19. The lowest BCUT2D eigenvalue weighted by Crippen LogP contribution is -2.08. The number of rotatable bonds is 5. The fourth-order valence-corrected chi connectivity index (χ4v) is 2.00. The summed E-state index contributed by atoms with van der Waals surface area (Å²) in [5.74, 6) is -0.546. The minimum atomic E-state index is -0.367. The largest absolute Gasteiger partial charge is 0.466 e. The van der Waals surface area contributed by atoms with Gasteiger partial charge in [-0.05, 0) is 30.7 Å². The summed E-state index contributed by atoms with van der Waals surface area (Å²) >= 11 is 0. The number of ether oxygens (including phenoxy) is 1. The lowest BCUT2D eigenvalue weighted by atomic mass is 10.0. The first-order valence-electron chi connectivity index (χ1n) is 6.21. The fraction of sp³-hybridized carbons (Fsp3) is 0.357. The van der Waals surface area contributed by atoms with Crippen LogP contribution in [-0.4, -0.2) is 24.3 Å². The van der Waals surface area contributed by atoms with E-state index in [-0.39, 0.29) is 30.5 Å². The second-order valence-electron chi connectivity index (χ2n) is 4.33. The van der Waals surface area contributed by atoms with E-state index >= 15 is 0 Å². The topological polar surface area (TPSA) is 72.5 Å². The fourth-order valence-electron chi connectivity index (χ4n) is 2.00. The first-order valence-corrected chi connectivity index (χ1v) is 6.21. The van der Waals surface area contributed by atoms with Crippen LogP contribution in [0.4, 0.5) is 5.69 Å². The van der Waals surface area contributed by atoms with Gasteiger partial charge in [-0.1, -0.05) is 0 Å². The molecule has 1 aromatic rings. The molecule has 1 N–H and O–H groups in total. The summed E-state index contributed by atoms with van der Waals surface area (Å²) in [6, 6.07) is 5.09. The molecule has 5 nitrogen and oxygen atoms in total. The van der Waals surface area contributed by atoms with E-state index < -0.39 is 0 Å². The van der Waals surface area contributed by atoms with E-state index in [1.165, 1.54) is 0 Å².